The predicted molar refractivity (Wildman–Crippen MR) is 193 cm³/mol. The molecule has 0 amide bonds. The number of methoxy groups -OCH3 is 1. The third kappa shape index (κ3) is 11.7. The van der Waals surface area contributed by atoms with Gasteiger partial charge in [0.15, 0.2) is 8.32 Å². The summed E-state index contributed by atoms with van der Waals surface area (Å²) in [6.45, 7) is 18.2. The van der Waals surface area contributed by atoms with E-state index in [9.17, 15) is 4.79 Å². The second-order valence-corrected chi connectivity index (χ2v) is 20.6. The molecule has 1 fully saturated rings. The fraction of sp³-hybridized carbons (Fsp3) is 0.649. The first-order valence-corrected chi connectivity index (χ1v) is 20.7. The van der Waals surface area contributed by atoms with Gasteiger partial charge in [-0.2, -0.15) is 0 Å². The zero-order valence-corrected chi connectivity index (χ0v) is 31.9. The largest absolute Gasteiger partial charge is 0.464 e. The van der Waals surface area contributed by atoms with Crippen LogP contribution in [0, 0.1) is 17.8 Å². The van der Waals surface area contributed by atoms with E-state index < -0.39 is 8.32 Å². The van der Waals surface area contributed by atoms with E-state index in [2.05, 4.69) is 94.6 Å². The van der Waals surface area contributed by atoms with E-state index in [1.165, 1.54) is 5.56 Å². The Hall–Kier alpha value is -1.30. The molecule has 6 nitrogen and oxygen atoms in total. The first-order chi connectivity index (χ1) is 21.4. The van der Waals surface area contributed by atoms with Crippen molar-refractivity contribution >= 4 is 37.4 Å². The number of benzene rings is 2. The zero-order valence-electron chi connectivity index (χ0n) is 28.7. The Labute approximate surface area is 287 Å². The predicted octanol–water partition coefficient (Wildman–Crippen LogP) is 9.00. The van der Waals surface area contributed by atoms with Crippen LogP contribution in [0.2, 0.25) is 18.1 Å². The molecule has 1 saturated carbocycles. The maximum atomic E-state index is 11.9. The van der Waals surface area contributed by atoms with Gasteiger partial charge in [0.1, 0.15) is 6.10 Å². The molecule has 1 unspecified atom stereocenters. The molecule has 0 saturated heterocycles. The van der Waals surface area contributed by atoms with Crippen LogP contribution in [-0.2, 0) is 41.4 Å². The lowest BCUT2D eigenvalue weighted by atomic mass is 9.78. The van der Waals surface area contributed by atoms with Gasteiger partial charge in [0.25, 0.3) is 6.47 Å². The number of rotatable bonds is 18. The second-order valence-electron chi connectivity index (χ2n) is 14.4. The minimum atomic E-state index is -2.10. The van der Waals surface area contributed by atoms with Crippen LogP contribution in [0.25, 0.3) is 0 Å². The molecule has 1 aliphatic carbocycles. The number of alkyl halides is 1. The Bertz CT molecular complexity index is 1110. The molecule has 0 radical (unpaired) electrons. The van der Waals surface area contributed by atoms with Crippen molar-refractivity contribution in [3.63, 3.8) is 0 Å². The summed E-state index contributed by atoms with van der Waals surface area (Å²) in [6, 6.07) is 20.6. The Kier molecular flexibility index (Phi) is 15.5. The van der Waals surface area contributed by atoms with Gasteiger partial charge in [-0.1, -0.05) is 118 Å². The van der Waals surface area contributed by atoms with E-state index in [1.807, 2.05) is 36.4 Å². The van der Waals surface area contributed by atoms with Crippen LogP contribution in [0.1, 0.15) is 71.4 Å². The molecule has 0 aromatic heterocycles. The summed E-state index contributed by atoms with van der Waals surface area (Å²) < 4.78 is 31.7. The van der Waals surface area contributed by atoms with Gasteiger partial charge in [-0.15, -0.1) is 0 Å². The number of halogens is 1. The average Bonchev–Trinajstić information content (AvgIpc) is 3.02. The van der Waals surface area contributed by atoms with Crippen LogP contribution in [0.4, 0.5) is 0 Å². The summed E-state index contributed by atoms with van der Waals surface area (Å²) >= 11 is 2.59. The van der Waals surface area contributed by atoms with Crippen LogP contribution in [0.3, 0.4) is 0 Å². The minimum absolute atomic E-state index is 0.0406. The number of carbonyl (C=O) groups is 1. The molecular weight excluding hydrogens is 695 g/mol. The van der Waals surface area contributed by atoms with E-state index in [0.717, 1.165) is 24.8 Å². The van der Waals surface area contributed by atoms with Crippen LogP contribution in [0.5, 0.6) is 0 Å². The standard InChI is InChI=1S/C37H57IO6Si/c1-27(23-41-24-29-15-11-9-12-16-29)33(44-45(7,8)37(3,4)5)22-34(43-26-39)28(2)36(38)31-19-20-32(35(21-31)40-6)42-25-30-17-13-10-14-18-30/h9-18,26-28,31-36H,19-25H2,1-8H3/t27-,28+,31-,32-,33+,34+,35-,36?/m1/s1. The topological polar surface area (TPSA) is 63.2 Å². The first-order valence-electron chi connectivity index (χ1n) is 16.6. The molecule has 0 spiro atoms. The molecule has 3 rings (SSSR count). The molecule has 2 aromatic carbocycles. The van der Waals surface area contributed by atoms with Gasteiger partial charge < -0.3 is 23.4 Å². The van der Waals surface area contributed by atoms with E-state index in [0.29, 0.717) is 42.6 Å². The van der Waals surface area contributed by atoms with Crippen molar-refractivity contribution in [1.29, 1.82) is 0 Å². The maximum Gasteiger partial charge on any atom is 0.293 e. The normalized spacial score (nSPS) is 22.6. The second kappa shape index (κ2) is 18.3. The van der Waals surface area contributed by atoms with Gasteiger partial charge in [0, 0.05) is 29.3 Å². The van der Waals surface area contributed by atoms with Crippen LogP contribution in [-0.4, -0.2) is 56.8 Å². The van der Waals surface area contributed by atoms with Crippen molar-refractivity contribution < 1.29 is 28.2 Å². The molecule has 45 heavy (non-hydrogen) atoms. The monoisotopic (exact) mass is 752 g/mol. The third-order valence-corrected chi connectivity index (χ3v) is 16.7. The lowest BCUT2D eigenvalue weighted by molar-refractivity contribution is -0.138. The van der Waals surface area contributed by atoms with Crippen LogP contribution >= 0.6 is 22.6 Å². The molecular formula is C37H57IO6Si. The van der Waals surface area contributed by atoms with Crippen LogP contribution < -0.4 is 0 Å². The quantitative estimate of drug-likeness (QED) is 0.0656. The van der Waals surface area contributed by atoms with Crippen molar-refractivity contribution in [1.82, 2.24) is 0 Å². The molecule has 0 N–H and O–H groups in total. The summed E-state index contributed by atoms with van der Waals surface area (Å²) in [5.74, 6) is 0.713. The van der Waals surface area contributed by atoms with Crippen molar-refractivity contribution in [3.8, 4) is 0 Å². The Balaban J connectivity index is 1.67. The summed E-state index contributed by atoms with van der Waals surface area (Å²) in [5.41, 5.74) is 2.34. The maximum absolute atomic E-state index is 11.9. The molecule has 0 heterocycles. The van der Waals surface area contributed by atoms with E-state index in [-0.39, 0.29) is 41.3 Å². The number of hydrogen-bond acceptors (Lipinski definition) is 6. The first kappa shape index (κ1) is 38.1. The summed E-state index contributed by atoms with van der Waals surface area (Å²) in [6.07, 6.45) is 3.34. The van der Waals surface area contributed by atoms with Gasteiger partial charge in [0.2, 0.25) is 0 Å². The molecule has 252 valence electrons. The van der Waals surface area contributed by atoms with Gasteiger partial charge >= 0.3 is 0 Å². The highest BCUT2D eigenvalue weighted by Gasteiger charge is 2.43. The van der Waals surface area contributed by atoms with Crippen LogP contribution in [0.15, 0.2) is 60.7 Å². The van der Waals surface area contributed by atoms with Gasteiger partial charge in [-0.05, 0) is 54.4 Å². The molecule has 1 aliphatic rings. The van der Waals surface area contributed by atoms with Crippen molar-refractivity contribution in [2.24, 2.45) is 17.8 Å². The fourth-order valence-corrected chi connectivity index (χ4v) is 8.52. The Morgan fingerprint density at radius 1 is 0.911 bits per heavy atom. The molecule has 8 heteroatoms. The molecule has 0 aliphatic heterocycles. The highest BCUT2D eigenvalue weighted by atomic mass is 127. The van der Waals surface area contributed by atoms with Crippen molar-refractivity contribution in [2.75, 3.05) is 13.7 Å². The minimum Gasteiger partial charge on any atom is -0.464 e. The highest BCUT2D eigenvalue weighted by Crippen LogP contribution is 2.41. The van der Waals surface area contributed by atoms with Crippen molar-refractivity contribution in [3.05, 3.63) is 71.8 Å². The van der Waals surface area contributed by atoms with E-state index in [1.54, 1.807) is 7.11 Å². The Morgan fingerprint density at radius 2 is 1.51 bits per heavy atom. The smallest absolute Gasteiger partial charge is 0.293 e. The summed E-state index contributed by atoms with van der Waals surface area (Å²) in [5, 5.41) is 0.0602. The van der Waals surface area contributed by atoms with Gasteiger partial charge in [-0.3, -0.25) is 4.79 Å². The van der Waals surface area contributed by atoms with Crippen molar-refractivity contribution in [2.45, 2.75) is 120 Å². The Morgan fingerprint density at radius 3 is 2.07 bits per heavy atom. The SMILES string of the molecule is CO[C@@H]1C[C@H](C(I)[C@@H](C)[C@H](C[C@H](O[Si](C)(C)C(C)(C)C)[C@H](C)COCc2ccccc2)OC=O)CC[C@H]1OCc1ccccc1. The number of hydrogen-bond donors (Lipinski definition) is 0. The van der Waals surface area contributed by atoms with Gasteiger partial charge in [0.05, 0.1) is 38.1 Å². The van der Waals surface area contributed by atoms with Gasteiger partial charge in [-0.25, -0.2) is 0 Å². The molecule has 2 aromatic rings. The average molecular weight is 753 g/mol. The number of carbonyl (C=O) groups excluding carboxylic acids is 1. The van der Waals surface area contributed by atoms with E-state index >= 15 is 0 Å². The number of ether oxygens (including phenoxy) is 4. The fourth-order valence-electron chi connectivity index (χ4n) is 5.96. The van der Waals surface area contributed by atoms with E-state index in [4.69, 9.17) is 23.4 Å². The summed E-state index contributed by atoms with van der Waals surface area (Å²) in [7, 11) is -0.312. The third-order valence-electron chi connectivity index (χ3n) is 9.99. The molecule has 8 atom stereocenters. The summed E-state index contributed by atoms with van der Waals surface area (Å²) in [4.78, 5) is 11.9. The zero-order chi connectivity index (χ0) is 33.0. The lowest BCUT2D eigenvalue weighted by Crippen LogP contribution is -2.48. The highest BCUT2D eigenvalue weighted by molar-refractivity contribution is 14.1. The lowest BCUT2D eigenvalue weighted by Gasteiger charge is -2.43. The molecule has 0 bridgehead atoms.